The highest BCUT2D eigenvalue weighted by Gasteiger charge is 2.19. The van der Waals surface area contributed by atoms with Gasteiger partial charge in [-0.05, 0) is 42.8 Å². The summed E-state index contributed by atoms with van der Waals surface area (Å²) < 4.78 is 26.1. The molecule has 0 bridgehead atoms. The minimum Gasteiger partial charge on any atom is -0.454 e. The lowest BCUT2D eigenvalue weighted by atomic mass is 10.2. The molecule has 4 rings (SSSR count). The van der Waals surface area contributed by atoms with Crippen molar-refractivity contribution in [1.29, 1.82) is 0 Å². The lowest BCUT2D eigenvalue weighted by molar-refractivity contribution is -0.148. The third-order valence-corrected chi connectivity index (χ3v) is 4.11. The average Bonchev–Trinajstić information content (AvgIpc) is 3.34. The summed E-state index contributed by atoms with van der Waals surface area (Å²) in [5.74, 6) is 1.36. The van der Waals surface area contributed by atoms with Gasteiger partial charge in [-0.15, -0.1) is 0 Å². The second-order valence-electron chi connectivity index (χ2n) is 6.08. The number of esters is 1. The molecule has 0 aromatic heterocycles. The average molecular weight is 383 g/mol. The first kappa shape index (κ1) is 17.7. The Kier molecular flexibility index (Phi) is 4.76. The van der Waals surface area contributed by atoms with E-state index in [1.165, 1.54) is 13.0 Å². The van der Waals surface area contributed by atoms with Crippen LogP contribution in [0.25, 0.3) is 6.08 Å². The van der Waals surface area contributed by atoms with Crippen LogP contribution in [0.1, 0.15) is 12.5 Å². The zero-order valence-electron chi connectivity index (χ0n) is 15.0. The van der Waals surface area contributed by atoms with Gasteiger partial charge in [-0.2, -0.15) is 0 Å². The maximum Gasteiger partial charge on any atom is 0.331 e. The van der Waals surface area contributed by atoms with E-state index < -0.39 is 18.0 Å². The van der Waals surface area contributed by atoms with E-state index >= 15 is 0 Å². The van der Waals surface area contributed by atoms with Crippen molar-refractivity contribution in [1.82, 2.24) is 0 Å². The molecule has 0 unspecified atom stereocenters. The van der Waals surface area contributed by atoms with E-state index in [4.69, 9.17) is 23.7 Å². The summed E-state index contributed by atoms with van der Waals surface area (Å²) in [6, 6.07) is 10.3. The van der Waals surface area contributed by atoms with Crippen LogP contribution in [0.5, 0.6) is 23.0 Å². The van der Waals surface area contributed by atoms with Gasteiger partial charge < -0.3 is 29.0 Å². The second-order valence-corrected chi connectivity index (χ2v) is 6.08. The Morgan fingerprint density at radius 3 is 2.36 bits per heavy atom. The maximum atomic E-state index is 12.2. The summed E-state index contributed by atoms with van der Waals surface area (Å²) in [5, 5.41) is 2.67. The summed E-state index contributed by atoms with van der Waals surface area (Å²) in [6.07, 6.45) is 1.86. The first-order valence-electron chi connectivity index (χ1n) is 8.57. The van der Waals surface area contributed by atoms with Gasteiger partial charge >= 0.3 is 5.97 Å². The van der Waals surface area contributed by atoms with Crippen LogP contribution in [0, 0.1) is 0 Å². The summed E-state index contributed by atoms with van der Waals surface area (Å²) in [7, 11) is 0. The van der Waals surface area contributed by atoms with E-state index in [0.717, 1.165) is 5.56 Å². The lowest BCUT2D eigenvalue weighted by Gasteiger charge is -2.12. The molecule has 1 atom stereocenters. The van der Waals surface area contributed by atoms with Crippen LogP contribution in [0.2, 0.25) is 0 Å². The van der Waals surface area contributed by atoms with Gasteiger partial charge in [-0.1, -0.05) is 6.07 Å². The van der Waals surface area contributed by atoms with E-state index in [1.54, 1.807) is 42.5 Å². The molecule has 8 nitrogen and oxygen atoms in total. The topological polar surface area (TPSA) is 92.3 Å². The van der Waals surface area contributed by atoms with Crippen LogP contribution in [-0.4, -0.2) is 31.6 Å². The van der Waals surface area contributed by atoms with Crippen molar-refractivity contribution >= 4 is 23.6 Å². The predicted molar refractivity (Wildman–Crippen MR) is 98.3 cm³/mol. The SMILES string of the molecule is C[C@H](OC(=O)/C=C/c1ccc2c(c1)OCO2)C(=O)Nc1ccc2c(c1)OCO2. The Hall–Kier alpha value is -3.68. The molecule has 2 aromatic carbocycles. The second kappa shape index (κ2) is 7.51. The highest BCUT2D eigenvalue weighted by Crippen LogP contribution is 2.34. The third-order valence-electron chi connectivity index (χ3n) is 4.11. The zero-order valence-corrected chi connectivity index (χ0v) is 15.0. The van der Waals surface area contributed by atoms with E-state index in [9.17, 15) is 9.59 Å². The fourth-order valence-corrected chi connectivity index (χ4v) is 2.67. The number of amides is 1. The molecular weight excluding hydrogens is 366 g/mol. The summed E-state index contributed by atoms with van der Waals surface area (Å²) in [5.41, 5.74) is 1.27. The van der Waals surface area contributed by atoms with Crippen molar-refractivity contribution in [2.75, 3.05) is 18.9 Å². The maximum absolute atomic E-state index is 12.2. The molecule has 1 N–H and O–H groups in total. The van der Waals surface area contributed by atoms with E-state index in [2.05, 4.69) is 5.32 Å². The first-order chi connectivity index (χ1) is 13.6. The number of nitrogens with one attached hydrogen (secondary N) is 1. The quantitative estimate of drug-likeness (QED) is 0.627. The van der Waals surface area contributed by atoms with Crippen molar-refractivity contribution in [3.8, 4) is 23.0 Å². The highest BCUT2D eigenvalue weighted by atomic mass is 16.7. The van der Waals surface area contributed by atoms with Gasteiger partial charge in [0, 0.05) is 17.8 Å². The fourth-order valence-electron chi connectivity index (χ4n) is 2.67. The molecule has 0 fully saturated rings. The molecule has 2 aliphatic rings. The number of benzene rings is 2. The third kappa shape index (κ3) is 3.85. The van der Waals surface area contributed by atoms with Gasteiger partial charge in [0.2, 0.25) is 13.6 Å². The molecule has 2 aliphatic heterocycles. The molecular formula is C20H17NO7. The Morgan fingerprint density at radius 1 is 0.964 bits per heavy atom. The number of carbonyl (C=O) groups is 2. The fraction of sp³-hybridized carbons (Fsp3) is 0.200. The Morgan fingerprint density at radius 2 is 1.61 bits per heavy atom. The monoisotopic (exact) mass is 383 g/mol. The molecule has 2 aromatic rings. The lowest BCUT2D eigenvalue weighted by Crippen LogP contribution is -2.29. The molecule has 8 heteroatoms. The molecule has 0 aliphatic carbocycles. The number of carbonyl (C=O) groups excluding carboxylic acids is 2. The van der Waals surface area contributed by atoms with Crippen LogP contribution < -0.4 is 24.3 Å². The number of fused-ring (bicyclic) bond motifs is 2. The van der Waals surface area contributed by atoms with E-state index in [-0.39, 0.29) is 13.6 Å². The molecule has 144 valence electrons. The molecule has 0 saturated heterocycles. The van der Waals surface area contributed by atoms with Crippen molar-refractivity contribution in [3.63, 3.8) is 0 Å². The molecule has 0 radical (unpaired) electrons. The van der Waals surface area contributed by atoms with Gasteiger partial charge in [0.05, 0.1) is 0 Å². The molecule has 28 heavy (non-hydrogen) atoms. The van der Waals surface area contributed by atoms with Gasteiger partial charge in [0.1, 0.15) is 0 Å². The van der Waals surface area contributed by atoms with Crippen molar-refractivity contribution in [2.45, 2.75) is 13.0 Å². The molecule has 0 spiro atoms. The van der Waals surface area contributed by atoms with Crippen LogP contribution >= 0.6 is 0 Å². The Labute approximate surface area is 160 Å². The normalized spacial score (nSPS) is 14.8. The largest absolute Gasteiger partial charge is 0.454 e. The minimum absolute atomic E-state index is 0.149. The Bertz CT molecular complexity index is 954. The smallest absolute Gasteiger partial charge is 0.331 e. The standard InChI is InChI=1S/C20H17NO7/c1-12(20(23)21-14-4-6-16-18(9-14)27-11-25-16)28-19(22)7-3-13-2-5-15-17(8-13)26-10-24-15/h2-9,12H,10-11H2,1H3,(H,21,23)/b7-3+/t12-/m0/s1. The van der Waals surface area contributed by atoms with Crippen molar-refractivity contribution < 1.29 is 33.3 Å². The Balaban J connectivity index is 1.31. The van der Waals surface area contributed by atoms with Crippen LogP contribution in [0.3, 0.4) is 0 Å². The van der Waals surface area contributed by atoms with Gasteiger partial charge in [0.25, 0.3) is 5.91 Å². The number of hydrogen-bond donors (Lipinski definition) is 1. The number of anilines is 1. The first-order valence-corrected chi connectivity index (χ1v) is 8.57. The molecule has 2 heterocycles. The van der Waals surface area contributed by atoms with Crippen LogP contribution in [0.4, 0.5) is 5.69 Å². The minimum atomic E-state index is -0.973. The summed E-state index contributed by atoms with van der Waals surface area (Å²) >= 11 is 0. The van der Waals surface area contributed by atoms with Crippen molar-refractivity contribution in [3.05, 3.63) is 48.0 Å². The van der Waals surface area contributed by atoms with Crippen LogP contribution in [0.15, 0.2) is 42.5 Å². The summed E-state index contributed by atoms with van der Waals surface area (Å²) in [4.78, 5) is 24.2. The van der Waals surface area contributed by atoms with E-state index in [1.807, 2.05) is 0 Å². The van der Waals surface area contributed by atoms with Gasteiger partial charge in [-0.25, -0.2) is 4.79 Å². The zero-order chi connectivity index (χ0) is 19.5. The highest BCUT2D eigenvalue weighted by molar-refractivity contribution is 5.96. The van der Waals surface area contributed by atoms with Gasteiger partial charge in [-0.3, -0.25) is 4.79 Å². The number of ether oxygens (including phenoxy) is 5. The summed E-state index contributed by atoms with van der Waals surface area (Å²) in [6.45, 7) is 1.83. The van der Waals surface area contributed by atoms with Gasteiger partial charge in [0.15, 0.2) is 29.1 Å². The van der Waals surface area contributed by atoms with E-state index in [0.29, 0.717) is 28.7 Å². The molecule has 0 saturated carbocycles. The van der Waals surface area contributed by atoms with Crippen LogP contribution in [-0.2, 0) is 14.3 Å². The van der Waals surface area contributed by atoms with Crippen molar-refractivity contribution in [2.24, 2.45) is 0 Å². The molecule has 1 amide bonds. The number of hydrogen-bond acceptors (Lipinski definition) is 7. The number of rotatable bonds is 5. The predicted octanol–water partition coefficient (Wildman–Crippen LogP) is 2.73.